The minimum Gasteiger partial charge on any atom is -0.492 e. The van der Waals surface area contributed by atoms with E-state index in [2.05, 4.69) is 96.8 Å². The molecule has 1 aliphatic rings. The summed E-state index contributed by atoms with van der Waals surface area (Å²) in [5.74, 6) is 0.929. The summed E-state index contributed by atoms with van der Waals surface area (Å²) in [6, 6.07) is 30.1. The molecule has 0 aromatic heterocycles. The number of hydrogen-bond acceptors (Lipinski definition) is 3. The molecule has 0 bridgehead atoms. The van der Waals surface area contributed by atoms with Crippen molar-refractivity contribution in [3.05, 3.63) is 102 Å². The molecule has 32 heavy (non-hydrogen) atoms. The van der Waals surface area contributed by atoms with Crippen LogP contribution in [0, 0.1) is 0 Å². The zero-order valence-electron chi connectivity index (χ0n) is 19.0. The molecule has 0 atom stereocenters. The molecule has 0 saturated carbocycles. The Hall–Kier alpha value is -2.88. The van der Waals surface area contributed by atoms with E-state index < -0.39 is 0 Å². The zero-order chi connectivity index (χ0) is 22.0. The van der Waals surface area contributed by atoms with Gasteiger partial charge < -0.3 is 9.47 Å². The van der Waals surface area contributed by atoms with E-state index in [0.717, 1.165) is 51.4 Å². The highest BCUT2D eigenvalue weighted by molar-refractivity contribution is 5.91. The van der Waals surface area contributed by atoms with Crippen LogP contribution in [0.5, 0.6) is 5.75 Å². The Balaban J connectivity index is 1.53. The monoisotopic (exact) mass is 427 g/mol. The summed E-state index contributed by atoms with van der Waals surface area (Å²) in [7, 11) is 0. The number of morpholine rings is 1. The summed E-state index contributed by atoms with van der Waals surface area (Å²) >= 11 is 0. The van der Waals surface area contributed by atoms with Crippen LogP contribution >= 0.6 is 0 Å². The normalized spacial score (nSPS) is 15.3. The van der Waals surface area contributed by atoms with Gasteiger partial charge in [-0.05, 0) is 52.8 Å². The minimum absolute atomic E-state index is 0.705. The van der Waals surface area contributed by atoms with Crippen molar-refractivity contribution in [3.63, 3.8) is 0 Å². The van der Waals surface area contributed by atoms with Gasteiger partial charge in [0.15, 0.2) is 0 Å². The summed E-state index contributed by atoms with van der Waals surface area (Å²) in [6.45, 7) is 7.54. The standard InChI is InChI=1S/C29H33NO2/c1-2-28(25-11-7-4-8-12-25)29(23-24-9-5-3-6-10-24)26-13-15-27(16-14-26)32-22-19-30-17-20-31-21-18-30/h3-16H,2,17-23H2,1H3/b29-28-. The van der Waals surface area contributed by atoms with Crippen LogP contribution in [0.1, 0.15) is 30.0 Å². The van der Waals surface area contributed by atoms with E-state index in [-0.39, 0.29) is 0 Å². The Morgan fingerprint density at radius 2 is 1.41 bits per heavy atom. The summed E-state index contributed by atoms with van der Waals surface area (Å²) in [4.78, 5) is 2.39. The van der Waals surface area contributed by atoms with Crippen LogP contribution in [0.3, 0.4) is 0 Å². The fourth-order valence-electron chi connectivity index (χ4n) is 4.28. The Kier molecular flexibility index (Phi) is 8.13. The smallest absolute Gasteiger partial charge is 0.119 e. The van der Waals surface area contributed by atoms with Crippen molar-refractivity contribution in [2.75, 3.05) is 39.5 Å². The third-order valence-electron chi connectivity index (χ3n) is 6.05. The highest BCUT2D eigenvalue weighted by Crippen LogP contribution is 2.32. The maximum Gasteiger partial charge on any atom is 0.119 e. The average Bonchev–Trinajstić information content (AvgIpc) is 2.86. The molecule has 3 heteroatoms. The molecule has 4 rings (SSSR count). The molecule has 1 heterocycles. The van der Waals surface area contributed by atoms with Crippen molar-refractivity contribution in [2.24, 2.45) is 0 Å². The van der Waals surface area contributed by atoms with E-state index in [9.17, 15) is 0 Å². The van der Waals surface area contributed by atoms with Crippen LogP contribution in [-0.4, -0.2) is 44.4 Å². The minimum atomic E-state index is 0.705. The number of benzene rings is 3. The van der Waals surface area contributed by atoms with Crippen molar-refractivity contribution in [1.82, 2.24) is 4.90 Å². The van der Waals surface area contributed by atoms with Crippen molar-refractivity contribution >= 4 is 11.1 Å². The topological polar surface area (TPSA) is 21.7 Å². The number of allylic oxidation sites excluding steroid dienone is 2. The highest BCUT2D eigenvalue weighted by Gasteiger charge is 2.13. The van der Waals surface area contributed by atoms with E-state index in [1.165, 1.54) is 27.8 Å². The molecule has 1 aliphatic heterocycles. The van der Waals surface area contributed by atoms with Gasteiger partial charge in [0.25, 0.3) is 0 Å². The van der Waals surface area contributed by atoms with Crippen LogP contribution in [0.4, 0.5) is 0 Å². The van der Waals surface area contributed by atoms with Gasteiger partial charge in [-0.15, -0.1) is 0 Å². The molecule has 3 nitrogen and oxygen atoms in total. The Labute approximate surface area is 192 Å². The zero-order valence-corrected chi connectivity index (χ0v) is 19.0. The van der Waals surface area contributed by atoms with E-state index in [4.69, 9.17) is 9.47 Å². The van der Waals surface area contributed by atoms with Gasteiger partial charge in [0.1, 0.15) is 12.4 Å². The summed E-state index contributed by atoms with van der Waals surface area (Å²) in [5.41, 5.74) is 6.66. The molecule has 0 radical (unpaired) electrons. The Morgan fingerprint density at radius 3 is 2.06 bits per heavy atom. The lowest BCUT2D eigenvalue weighted by Gasteiger charge is -2.26. The summed E-state index contributed by atoms with van der Waals surface area (Å²) < 4.78 is 11.5. The largest absolute Gasteiger partial charge is 0.492 e. The summed E-state index contributed by atoms with van der Waals surface area (Å²) in [6.07, 6.45) is 1.90. The number of ether oxygens (including phenoxy) is 2. The number of hydrogen-bond donors (Lipinski definition) is 0. The lowest BCUT2D eigenvalue weighted by molar-refractivity contribution is 0.0322. The van der Waals surface area contributed by atoms with E-state index >= 15 is 0 Å². The maximum absolute atomic E-state index is 6.03. The van der Waals surface area contributed by atoms with E-state index in [0.29, 0.717) is 6.61 Å². The van der Waals surface area contributed by atoms with Crippen molar-refractivity contribution in [2.45, 2.75) is 19.8 Å². The molecule has 3 aromatic rings. The third kappa shape index (κ3) is 6.09. The van der Waals surface area contributed by atoms with Crippen LogP contribution < -0.4 is 4.74 Å². The van der Waals surface area contributed by atoms with E-state index in [1.807, 2.05) is 0 Å². The quantitative estimate of drug-likeness (QED) is 0.393. The summed E-state index contributed by atoms with van der Waals surface area (Å²) in [5, 5.41) is 0. The Bertz CT molecular complexity index is 975. The molecule has 0 amide bonds. The van der Waals surface area contributed by atoms with Gasteiger partial charge in [-0.25, -0.2) is 0 Å². The van der Waals surface area contributed by atoms with Gasteiger partial charge in [-0.2, -0.15) is 0 Å². The SMILES string of the molecule is CC/C(=C(\Cc1ccccc1)c1ccc(OCCN2CCOCC2)cc1)c1ccccc1. The van der Waals surface area contributed by atoms with Crippen molar-refractivity contribution < 1.29 is 9.47 Å². The predicted molar refractivity (Wildman–Crippen MR) is 133 cm³/mol. The van der Waals surface area contributed by atoms with Crippen molar-refractivity contribution in [3.8, 4) is 5.75 Å². The molecule has 3 aromatic carbocycles. The molecule has 166 valence electrons. The molecule has 1 fully saturated rings. The van der Waals surface area contributed by atoms with Gasteiger partial charge in [-0.1, -0.05) is 79.7 Å². The second-order valence-corrected chi connectivity index (χ2v) is 8.17. The number of rotatable bonds is 9. The predicted octanol–water partition coefficient (Wildman–Crippen LogP) is 5.96. The lowest BCUT2D eigenvalue weighted by Crippen LogP contribution is -2.38. The molecule has 0 unspecified atom stereocenters. The molecule has 0 spiro atoms. The van der Waals surface area contributed by atoms with Gasteiger partial charge in [0.05, 0.1) is 13.2 Å². The molecular weight excluding hydrogens is 394 g/mol. The highest BCUT2D eigenvalue weighted by atomic mass is 16.5. The van der Waals surface area contributed by atoms with Gasteiger partial charge in [0, 0.05) is 19.6 Å². The molecule has 0 aliphatic carbocycles. The fraction of sp³-hybridized carbons (Fsp3) is 0.310. The van der Waals surface area contributed by atoms with Gasteiger partial charge >= 0.3 is 0 Å². The van der Waals surface area contributed by atoms with E-state index in [1.54, 1.807) is 0 Å². The molecular formula is C29H33NO2. The molecule has 1 saturated heterocycles. The second-order valence-electron chi connectivity index (χ2n) is 8.17. The van der Waals surface area contributed by atoms with Gasteiger partial charge in [-0.3, -0.25) is 4.90 Å². The van der Waals surface area contributed by atoms with Crippen LogP contribution in [0.25, 0.3) is 11.1 Å². The lowest BCUT2D eigenvalue weighted by atomic mass is 9.89. The first kappa shape index (κ1) is 22.3. The first-order valence-corrected chi connectivity index (χ1v) is 11.7. The fourth-order valence-corrected chi connectivity index (χ4v) is 4.28. The second kappa shape index (κ2) is 11.7. The first-order chi connectivity index (χ1) is 15.8. The van der Waals surface area contributed by atoms with Crippen molar-refractivity contribution in [1.29, 1.82) is 0 Å². The average molecular weight is 428 g/mol. The van der Waals surface area contributed by atoms with Crippen LogP contribution in [0.2, 0.25) is 0 Å². The van der Waals surface area contributed by atoms with Crippen LogP contribution in [-0.2, 0) is 11.2 Å². The Morgan fingerprint density at radius 1 is 0.781 bits per heavy atom. The molecule has 0 N–H and O–H groups in total. The van der Waals surface area contributed by atoms with Gasteiger partial charge in [0.2, 0.25) is 0 Å². The third-order valence-corrected chi connectivity index (χ3v) is 6.05. The maximum atomic E-state index is 6.03. The van der Waals surface area contributed by atoms with Crippen LogP contribution in [0.15, 0.2) is 84.9 Å². The first-order valence-electron chi connectivity index (χ1n) is 11.7. The number of nitrogens with zero attached hydrogens (tertiary/aromatic N) is 1.